The summed E-state index contributed by atoms with van der Waals surface area (Å²) in [6.07, 6.45) is 2.04. The van der Waals surface area contributed by atoms with Crippen LogP contribution >= 0.6 is 0 Å². The first-order valence-corrected chi connectivity index (χ1v) is 11.1. The summed E-state index contributed by atoms with van der Waals surface area (Å²) in [6.45, 7) is 5.51. The molecule has 0 bridgehead atoms. The average Bonchev–Trinajstić information content (AvgIpc) is 3.15. The summed E-state index contributed by atoms with van der Waals surface area (Å²) in [5, 5.41) is 4.25. The van der Waals surface area contributed by atoms with Crippen LogP contribution in [0.15, 0.2) is 54.6 Å². The summed E-state index contributed by atoms with van der Waals surface area (Å²) in [6, 6.07) is 18.4. The van der Waals surface area contributed by atoms with Crippen LogP contribution in [0.2, 0.25) is 0 Å². The summed E-state index contributed by atoms with van der Waals surface area (Å²) in [5.41, 5.74) is 2.12. The van der Waals surface area contributed by atoms with Crippen molar-refractivity contribution >= 4 is 12.0 Å². The van der Waals surface area contributed by atoms with Crippen LogP contribution in [0.5, 0.6) is 0 Å². The van der Waals surface area contributed by atoms with Gasteiger partial charge in [0.15, 0.2) is 0 Å². The third-order valence-electron chi connectivity index (χ3n) is 5.92. The molecule has 0 aromatic heterocycles. The standard InChI is InChI=1S/C26H34N2O4/c1-25(2,3)32-24(30)27-22-14-15-26(18-22,23(29)28(4)31-5)17-19-10-9-13-21(16-19)20-11-7-6-8-12-20/h6-13,16,22H,14-15,17-18H2,1-5H3,(H,27,30)/t22-,26+/m0/s1. The minimum absolute atomic E-state index is 0.0707. The van der Waals surface area contributed by atoms with E-state index in [4.69, 9.17) is 9.57 Å². The van der Waals surface area contributed by atoms with E-state index in [2.05, 4.69) is 35.6 Å². The van der Waals surface area contributed by atoms with Crippen molar-refractivity contribution in [2.75, 3.05) is 14.2 Å². The molecule has 0 spiro atoms. The molecule has 1 fully saturated rings. The molecule has 1 aliphatic carbocycles. The molecule has 1 saturated carbocycles. The lowest BCUT2D eigenvalue weighted by Crippen LogP contribution is -2.44. The number of hydrogen-bond donors (Lipinski definition) is 1. The lowest BCUT2D eigenvalue weighted by molar-refractivity contribution is -0.180. The SMILES string of the molecule is CON(C)C(=O)[C@@]1(Cc2cccc(-c3ccccc3)c2)CC[C@H](NC(=O)OC(C)(C)C)C1. The number of carbonyl (C=O) groups is 2. The highest BCUT2D eigenvalue weighted by molar-refractivity contribution is 5.83. The lowest BCUT2D eigenvalue weighted by atomic mass is 9.78. The molecule has 2 atom stereocenters. The molecule has 6 nitrogen and oxygen atoms in total. The zero-order chi connectivity index (χ0) is 23.4. The van der Waals surface area contributed by atoms with Crippen molar-refractivity contribution < 1.29 is 19.2 Å². The summed E-state index contributed by atoms with van der Waals surface area (Å²) in [5.74, 6) is -0.0707. The third kappa shape index (κ3) is 5.88. The number of carbonyl (C=O) groups excluding carboxylic acids is 2. The fourth-order valence-electron chi connectivity index (χ4n) is 4.45. The molecule has 2 aromatic carbocycles. The lowest BCUT2D eigenvalue weighted by Gasteiger charge is -2.32. The van der Waals surface area contributed by atoms with Crippen LogP contribution in [0.1, 0.15) is 45.6 Å². The topological polar surface area (TPSA) is 67.9 Å². The molecule has 0 heterocycles. The minimum Gasteiger partial charge on any atom is -0.444 e. The molecular formula is C26H34N2O4. The van der Waals surface area contributed by atoms with E-state index < -0.39 is 17.1 Å². The van der Waals surface area contributed by atoms with E-state index in [0.717, 1.165) is 16.7 Å². The Kier molecular flexibility index (Phi) is 7.24. The Morgan fingerprint density at radius 2 is 1.78 bits per heavy atom. The van der Waals surface area contributed by atoms with Crippen LogP contribution in [0.3, 0.4) is 0 Å². The molecule has 2 amide bonds. The molecule has 0 saturated heterocycles. The van der Waals surface area contributed by atoms with Crippen LogP contribution in [0.4, 0.5) is 4.79 Å². The van der Waals surface area contributed by atoms with Crippen LogP contribution in [-0.4, -0.2) is 42.9 Å². The first-order chi connectivity index (χ1) is 15.1. The Bertz CT molecular complexity index is 938. The van der Waals surface area contributed by atoms with Crippen molar-refractivity contribution in [3.8, 4) is 11.1 Å². The van der Waals surface area contributed by atoms with E-state index in [0.29, 0.717) is 25.7 Å². The summed E-state index contributed by atoms with van der Waals surface area (Å²) >= 11 is 0. The number of nitrogens with zero attached hydrogens (tertiary/aromatic N) is 1. The third-order valence-corrected chi connectivity index (χ3v) is 5.92. The van der Waals surface area contributed by atoms with Gasteiger partial charge in [0.1, 0.15) is 5.60 Å². The maximum absolute atomic E-state index is 13.4. The molecule has 6 heteroatoms. The van der Waals surface area contributed by atoms with Crippen LogP contribution in [0.25, 0.3) is 11.1 Å². The summed E-state index contributed by atoms with van der Waals surface area (Å²) < 4.78 is 5.41. The normalized spacial score (nSPS) is 20.6. The molecule has 3 rings (SSSR count). The number of hydroxylamine groups is 2. The summed E-state index contributed by atoms with van der Waals surface area (Å²) in [4.78, 5) is 30.9. The Hall–Kier alpha value is -2.86. The zero-order valence-electron chi connectivity index (χ0n) is 19.7. The maximum atomic E-state index is 13.4. The second-order valence-corrected chi connectivity index (χ2v) is 9.59. The van der Waals surface area contributed by atoms with Crippen LogP contribution in [-0.2, 0) is 20.8 Å². The molecular weight excluding hydrogens is 404 g/mol. The predicted molar refractivity (Wildman–Crippen MR) is 125 cm³/mol. The molecule has 1 aliphatic rings. The van der Waals surface area contributed by atoms with Crippen molar-refractivity contribution in [1.82, 2.24) is 10.4 Å². The van der Waals surface area contributed by atoms with Crippen LogP contribution in [0, 0.1) is 5.41 Å². The minimum atomic E-state index is -0.653. The van der Waals surface area contributed by atoms with Gasteiger partial charge in [-0.2, -0.15) is 0 Å². The zero-order valence-corrected chi connectivity index (χ0v) is 19.7. The Labute approximate surface area is 190 Å². The number of alkyl carbamates (subject to hydrolysis) is 1. The van der Waals surface area contributed by atoms with E-state index in [1.807, 2.05) is 45.0 Å². The second kappa shape index (κ2) is 9.74. The van der Waals surface area contributed by atoms with Gasteiger partial charge in [0.25, 0.3) is 5.91 Å². The highest BCUT2D eigenvalue weighted by Gasteiger charge is 2.47. The Balaban J connectivity index is 1.82. The van der Waals surface area contributed by atoms with Crippen molar-refractivity contribution in [2.24, 2.45) is 5.41 Å². The van der Waals surface area contributed by atoms with Gasteiger partial charge in [-0.25, -0.2) is 9.86 Å². The maximum Gasteiger partial charge on any atom is 0.407 e. The number of benzene rings is 2. The molecule has 2 aromatic rings. The van der Waals surface area contributed by atoms with Gasteiger partial charge in [-0.05, 0) is 63.1 Å². The monoisotopic (exact) mass is 438 g/mol. The largest absolute Gasteiger partial charge is 0.444 e. The van der Waals surface area contributed by atoms with Gasteiger partial charge in [-0.15, -0.1) is 0 Å². The van der Waals surface area contributed by atoms with Crippen molar-refractivity contribution in [3.63, 3.8) is 0 Å². The van der Waals surface area contributed by atoms with Gasteiger partial charge in [0, 0.05) is 13.1 Å². The van der Waals surface area contributed by atoms with Gasteiger partial charge in [-0.3, -0.25) is 9.63 Å². The van der Waals surface area contributed by atoms with E-state index in [-0.39, 0.29) is 11.9 Å². The molecule has 0 aliphatic heterocycles. The number of amides is 2. The Morgan fingerprint density at radius 3 is 2.44 bits per heavy atom. The number of hydrogen-bond acceptors (Lipinski definition) is 4. The van der Waals surface area contributed by atoms with Crippen molar-refractivity contribution in [2.45, 2.75) is 58.1 Å². The van der Waals surface area contributed by atoms with Gasteiger partial charge >= 0.3 is 6.09 Å². The van der Waals surface area contributed by atoms with Crippen LogP contribution < -0.4 is 5.32 Å². The highest BCUT2D eigenvalue weighted by atomic mass is 16.7. The average molecular weight is 439 g/mol. The molecule has 172 valence electrons. The van der Waals surface area contributed by atoms with Gasteiger partial charge in [0.05, 0.1) is 12.5 Å². The Morgan fingerprint density at radius 1 is 1.09 bits per heavy atom. The first kappa shape index (κ1) is 23.8. The summed E-state index contributed by atoms with van der Waals surface area (Å²) in [7, 11) is 3.13. The van der Waals surface area contributed by atoms with Crippen molar-refractivity contribution in [3.05, 3.63) is 60.2 Å². The molecule has 0 radical (unpaired) electrons. The second-order valence-electron chi connectivity index (χ2n) is 9.59. The van der Waals surface area contributed by atoms with E-state index in [1.165, 1.54) is 12.2 Å². The fraction of sp³-hybridized carbons (Fsp3) is 0.462. The highest BCUT2D eigenvalue weighted by Crippen LogP contribution is 2.43. The van der Waals surface area contributed by atoms with E-state index >= 15 is 0 Å². The fourth-order valence-corrected chi connectivity index (χ4v) is 4.45. The van der Waals surface area contributed by atoms with E-state index in [1.54, 1.807) is 7.05 Å². The number of rotatable bonds is 6. The predicted octanol–water partition coefficient (Wildman–Crippen LogP) is 4.98. The van der Waals surface area contributed by atoms with E-state index in [9.17, 15) is 9.59 Å². The first-order valence-electron chi connectivity index (χ1n) is 11.1. The van der Waals surface area contributed by atoms with Gasteiger partial charge in [-0.1, -0.05) is 54.6 Å². The van der Waals surface area contributed by atoms with Gasteiger partial charge < -0.3 is 10.1 Å². The molecule has 0 unspecified atom stereocenters. The smallest absolute Gasteiger partial charge is 0.407 e. The van der Waals surface area contributed by atoms with Gasteiger partial charge in [0.2, 0.25) is 0 Å². The molecule has 32 heavy (non-hydrogen) atoms. The van der Waals surface area contributed by atoms with Crippen molar-refractivity contribution in [1.29, 1.82) is 0 Å². The number of ether oxygens (including phenoxy) is 1. The molecule has 1 N–H and O–H groups in total. The number of nitrogens with one attached hydrogen (secondary N) is 1. The quantitative estimate of drug-likeness (QED) is 0.646.